The Morgan fingerprint density at radius 3 is 2.59 bits per heavy atom. The molecule has 0 fully saturated rings. The van der Waals surface area contributed by atoms with Gasteiger partial charge in [-0.1, -0.05) is 20.8 Å². The quantitative estimate of drug-likeness (QED) is 0.820. The van der Waals surface area contributed by atoms with E-state index in [1.54, 1.807) is 0 Å². The molecule has 1 heterocycles. The van der Waals surface area contributed by atoms with Crippen LogP contribution >= 0.6 is 0 Å². The first-order valence-electron chi connectivity index (χ1n) is 6.22. The van der Waals surface area contributed by atoms with Crippen LogP contribution in [0.5, 0.6) is 0 Å². The molecule has 0 unspecified atom stereocenters. The lowest BCUT2D eigenvalue weighted by molar-refractivity contribution is 0.163. The third-order valence-corrected chi connectivity index (χ3v) is 2.64. The van der Waals surface area contributed by atoms with Gasteiger partial charge in [0.05, 0.1) is 5.69 Å². The number of aromatic nitrogens is 2. The second-order valence-electron chi connectivity index (χ2n) is 5.79. The topological polar surface area (TPSA) is 41.3 Å². The summed E-state index contributed by atoms with van der Waals surface area (Å²) in [7, 11) is 1.97. The van der Waals surface area contributed by atoms with Gasteiger partial charge in [-0.3, -0.25) is 9.58 Å². The summed E-state index contributed by atoms with van der Waals surface area (Å²) in [5.74, 6) is 0. The highest BCUT2D eigenvalue weighted by atomic mass is 16.3. The van der Waals surface area contributed by atoms with Crippen molar-refractivity contribution in [3.05, 3.63) is 18.0 Å². The van der Waals surface area contributed by atoms with Crippen LogP contribution in [-0.4, -0.2) is 39.5 Å². The standard InChI is InChI=1S/C13H25N3O/c1-13(2,3)11-16(8-5-9-17)10-12-6-7-14-15(12)4/h6-7,17H,5,8-11H2,1-4H3. The molecule has 0 aliphatic rings. The van der Waals surface area contributed by atoms with E-state index in [0.717, 1.165) is 26.1 Å². The molecule has 4 nitrogen and oxygen atoms in total. The number of hydrogen-bond donors (Lipinski definition) is 1. The highest BCUT2D eigenvalue weighted by Crippen LogP contribution is 2.17. The van der Waals surface area contributed by atoms with E-state index in [2.05, 4.69) is 36.8 Å². The maximum absolute atomic E-state index is 8.95. The van der Waals surface area contributed by atoms with E-state index in [-0.39, 0.29) is 12.0 Å². The molecule has 0 aliphatic carbocycles. The van der Waals surface area contributed by atoms with Crippen LogP contribution in [0.25, 0.3) is 0 Å². The van der Waals surface area contributed by atoms with Crippen molar-refractivity contribution in [3.63, 3.8) is 0 Å². The molecule has 98 valence electrons. The molecule has 0 saturated carbocycles. The predicted molar refractivity (Wildman–Crippen MR) is 69.6 cm³/mol. The van der Waals surface area contributed by atoms with Gasteiger partial charge < -0.3 is 5.11 Å². The number of hydrogen-bond acceptors (Lipinski definition) is 3. The lowest BCUT2D eigenvalue weighted by atomic mass is 9.96. The highest BCUT2D eigenvalue weighted by Gasteiger charge is 2.17. The Balaban J connectivity index is 2.60. The molecular formula is C13H25N3O. The number of aryl methyl sites for hydroxylation is 1. The van der Waals surface area contributed by atoms with E-state index in [0.29, 0.717) is 0 Å². The molecule has 0 saturated heterocycles. The number of nitrogens with zero attached hydrogens (tertiary/aromatic N) is 3. The summed E-state index contributed by atoms with van der Waals surface area (Å²) in [6, 6.07) is 2.05. The van der Waals surface area contributed by atoms with Crippen molar-refractivity contribution in [3.8, 4) is 0 Å². The van der Waals surface area contributed by atoms with Gasteiger partial charge in [-0.25, -0.2) is 0 Å². The molecule has 1 aromatic heterocycles. The van der Waals surface area contributed by atoms with Gasteiger partial charge in [-0.05, 0) is 17.9 Å². The van der Waals surface area contributed by atoms with Crippen LogP contribution < -0.4 is 0 Å². The molecule has 1 aromatic rings. The Kier molecular flexibility index (Phi) is 5.15. The molecule has 0 amide bonds. The normalized spacial score (nSPS) is 12.4. The molecular weight excluding hydrogens is 214 g/mol. The summed E-state index contributed by atoms with van der Waals surface area (Å²) in [5, 5.41) is 13.1. The molecule has 0 aromatic carbocycles. The van der Waals surface area contributed by atoms with E-state index in [9.17, 15) is 0 Å². The predicted octanol–water partition coefficient (Wildman–Crippen LogP) is 1.65. The van der Waals surface area contributed by atoms with Crippen molar-refractivity contribution >= 4 is 0 Å². The Morgan fingerprint density at radius 1 is 1.41 bits per heavy atom. The maximum Gasteiger partial charge on any atom is 0.0521 e. The van der Waals surface area contributed by atoms with Gasteiger partial charge in [0.15, 0.2) is 0 Å². The smallest absolute Gasteiger partial charge is 0.0521 e. The maximum atomic E-state index is 8.95. The van der Waals surface area contributed by atoms with E-state index in [1.807, 2.05) is 17.9 Å². The first kappa shape index (κ1) is 14.2. The summed E-state index contributed by atoms with van der Waals surface area (Å²) < 4.78 is 1.91. The third kappa shape index (κ3) is 5.33. The van der Waals surface area contributed by atoms with Crippen molar-refractivity contribution in [2.45, 2.75) is 33.7 Å². The van der Waals surface area contributed by atoms with Gasteiger partial charge in [0.25, 0.3) is 0 Å². The van der Waals surface area contributed by atoms with Crippen LogP contribution in [0.3, 0.4) is 0 Å². The zero-order valence-corrected chi connectivity index (χ0v) is 11.5. The Bertz CT molecular complexity index is 328. The van der Waals surface area contributed by atoms with Crippen LogP contribution in [0.2, 0.25) is 0 Å². The van der Waals surface area contributed by atoms with Gasteiger partial charge in [-0.15, -0.1) is 0 Å². The van der Waals surface area contributed by atoms with Gasteiger partial charge >= 0.3 is 0 Å². The fourth-order valence-electron chi connectivity index (χ4n) is 1.96. The lowest BCUT2D eigenvalue weighted by Crippen LogP contribution is -2.34. The van der Waals surface area contributed by atoms with Gasteiger partial charge in [-0.2, -0.15) is 5.10 Å². The lowest BCUT2D eigenvalue weighted by Gasteiger charge is -2.29. The molecule has 0 spiro atoms. The third-order valence-electron chi connectivity index (χ3n) is 2.64. The van der Waals surface area contributed by atoms with E-state index < -0.39 is 0 Å². The zero-order chi connectivity index (χ0) is 12.9. The van der Waals surface area contributed by atoms with Crippen LogP contribution in [0.1, 0.15) is 32.9 Å². The number of rotatable bonds is 6. The SMILES string of the molecule is Cn1nccc1CN(CCCO)CC(C)(C)C. The van der Waals surface area contributed by atoms with Crippen LogP contribution in [0.15, 0.2) is 12.3 Å². The summed E-state index contributed by atoms with van der Waals surface area (Å²) >= 11 is 0. The molecule has 0 aliphatic heterocycles. The molecule has 0 bridgehead atoms. The van der Waals surface area contributed by atoms with Gasteiger partial charge in [0.1, 0.15) is 0 Å². The van der Waals surface area contributed by atoms with Crippen LogP contribution in [-0.2, 0) is 13.6 Å². The first-order valence-corrected chi connectivity index (χ1v) is 6.22. The van der Waals surface area contributed by atoms with Crippen molar-refractivity contribution in [1.82, 2.24) is 14.7 Å². The minimum absolute atomic E-state index is 0.256. The van der Waals surface area contributed by atoms with Crippen molar-refractivity contribution in [1.29, 1.82) is 0 Å². The van der Waals surface area contributed by atoms with Crippen LogP contribution in [0.4, 0.5) is 0 Å². The first-order chi connectivity index (χ1) is 7.92. The molecule has 17 heavy (non-hydrogen) atoms. The zero-order valence-electron chi connectivity index (χ0n) is 11.5. The second-order valence-corrected chi connectivity index (χ2v) is 5.79. The monoisotopic (exact) mass is 239 g/mol. The van der Waals surface area contributed by atoms with Crippen LogP contribution in [0, 0.1) is 5.41 Å². The van der Waals surface area contributed by atoms with Crippen molar-refractivity contribution in [2.75, 3.05) is 19.7 Å². The second kappa shape index (κ2) is 6.17. The Hall–Kier alpha value is -0.870. The van der Waals surface area contributed by atoms with E-state index in [4.69, 9.17) is 5.11 Å². The summed E-state index contributed by atoms with van der Waals surface area (Å²) in [4.78, 5) is 2.38. The minimum Gasteiger partial charge on any atom is -0.396 e. The number of aliphatic hydroxyl groups is 1. The fourth-order valence-corrected chi connectivity index (χ4v) is 1.96. The molecule has 0 radical (unpaired) electrons. The summed E-state index contributed by atoms with van der Waals surface area (Å²) in [5.41, 5.74) is 1.49. The Morgan fingerprint density at radius 2 is 2.12 bits per heavy atom. The van der Waals surface area contributed by atoms with Gasteiger partial charge in [0, 0.05) is 39.5 Å². The summed E-state index contributed by atoms with van der Waals surface area (Å²) in [6.07, 6.45) is 2.66. The molecule has 1 N–H and O–H groups in total. The summed E-state index contributed by atoms with van der Waals surface area (Å²) in [6.45, 7) is 9.82. The largest absolute Gasteiger partial charge is 0.396 e. The van der Waals surface area contributed by atoms with Crippen molar-refractivity contribution in [2.24, 2.45) is 12.5 Å². The average Bonchev–Trinajstić information content (AvgIpc) is 2.59. The average molecular weight is 239 g/mol. The minimum atomic E-state index is 0.256. The van der Waals surface area contributed by atoms with E-state index in [1.165, 1.54) is 5.69 Å². The molecule has 0 atom stereocenters. The molecule has 1 rings (SSSR count). The molecule has 4 heteroatoms. The number of aliphatic hydroxyl groups excluding tert-OH is 1. The highest BCUT2D eigenvalue weighted by molar-refractivity contribution is 4.99. The van der Waals surface area contributed by atoms with Gasteiger partial charge in [0.2, 0.25) is 0 Å². The fraction of sp³-hybridized carbons (Fsp3) is 0.769. The Labute approximate surface area is 104 Å². The van der Waals surface area contributed by atoms with Crippen molar-refractivity contribution < 1.29 is 5.11 Å². The van der Waals surface area contributed by atoms with E-state index >= 15 is 0 Å².